The number of hydrogen-bond acceptors (Lipinski definition) is 1. The van der Waals surface area contributed by atoms with E-state index in [1.807, 2.05) is 13.8 Å². The Bertz CT molecular complexity index is 367. The maximum Gasteiger partial charge on any atom is 0.160 e. The number of halogens is 1. The van der Waals surface area contributed by atoms with Crippen molar-refractivity contribution in [2.24, 2.45) is 5.92 Å². The Morgan fingerprint density at radius 2 is 1.87 bits per heavy atom. The van der Waals surface area contributed by atoms with Crippen LogP contribution in [0.25, 0.3) is 0 Å². The van der Waals surface area contributed by atoms with Gasteiger partial charge in [-0.1, -0.05) is 38.1 Å². The molecule has 1 aromatic rings. The Balaban J connectivity index is 3.31. The second-order valence-electron chi connectivity index (χ2n) is 4.33. The minimum atomic E-state index is -1.46. The van der Waals surface area contributed by atoms with E-state index in [4.69, 9.17) is 0 Å². The molecule has 15 heavy (non-hydrogen) atoms. The molecule has 1 aromatic carbocycles. The molecule has 1 unspecified atom stereocenters. The van der Waals surface area contributed by atoms with Crippen LogP contribution < -0.4 is 0 Å². The number of rotatable bonds is 3. The first-order chi connectivity index (χ1) is 6.87. The number of Topliss-reactive ketones (excluding diaryl/α,β-unsaturated/α-hetero) is 1. The zero-order valence-corrected chi connectivity index (χ0v) is 9.67. The Kier molecular flexibility index (Phi) is 3.28. The topological polar surface area (TPSA) is 17.1 Å². The second kappa shape index (κ2) is 4.13. The molecule has 0 heterocycles. The van der Waals surface area contributed by atoms with Crippen molar-refractivity contribution in [3.63, 3.8) is 0 Å². The molecule has 0 aromatic heterocycles. The summed E-state index contributed by atoms with van der Waals surface area (Å²) in [6.07, 6.45) is 0. The first-order valence-corrected chi connectivity index (χ1v) is 5.16. The van der Waals surface area contributed by atoms with E-state index < -0.39 is 5.67 Å². The van der Waals surface area contributed by atoms with Crippen molar-refractivity contribution in [1.29, 1.82) is 0 Å². The van der Waals surface area contributed by atoms with E-state index in [-0.39, 0.29) is 11.7 Å². The molecule has 0 spiro atoms. The molecular weight excluding hydrogens is 191 g/mol. The van der Waals surface area contributed by atoms with E-state index in [0.29, 0.717) is 11.1 Å². The SMILES string of the molecule is CC(=O)c1ccccc1C(C)(F)C(C)C. The molecule has 0 saturated carbocycles. The molecule has 0 saturated heterocycles. The van der Waals surface area contributed by atoms with Crippen LogP contribution >= 0.6 is 0 Å². The zero-order valence-electron chi connectivity index (χ0n) is 9.67. The van der Waals surface area contributed by atoms with Gasteiger partial charge in [0.1, 0.15) is 5.67 Å². The first-order valence-electron chi connectivity index (χ1n) is 5.16. The van der Waals surface area contributed by atoms with Crippen LogP contribution in [0.1, 0.15) is 43.6 Å². The van der Waals surface area contributed by atoms with Crippen molar-refractivity contribution in [3.05, 3.63) is 35.4 Å². The van der Waals surface area contributed by atoms with E-state index in [2.05, 4.69) is 0 Å². The Morgan fingerprint density at radius 3 is 2.33 bits per heavy atom. The summed E-state index contributed by atoms with van der Waals surface area (Å²) in [6, 6.07) is 6.90. The van der Waals surface area contributed by atoms with Gasteiger partial charge in [0.25, 0.3) is 0 Å². The third-order valence-electron chi connectivity index (χ3n) is 2.92. The highest BCUT2D eigenvalue weighted by molar-refractivity contribution is 5.95. The predicted molar refractivity (Wildman–Crippen MR) is 59.7 cm³/mol. The Hall–Kier alpha value is -1.18. The minimum Gasteiger partial charge on any atom is -0.294 e. The maximum absolute atomic E-state index is 14.4. The maximum atomic E-state index is 14.4. The van der Waals surface area contributed by atoms with E-state index in [1.165, 1.54) is 13.8 Å². The molecule has 0 aliphatic carbocycles. The van der Waals surface area contributed by atoms with Gasteiger partial charge in [0.15, 0.2) is 5.78 Å². The molecule has 0 fully saturated rings. The highest BCUT2D eigenvalue weighted by Crippen LogP contribution is 2.35. The molecule has 1 nitrogen and oxygen atoms in total. The zero-order chi connectivity index (χ0) is 11.6. The van der Waals surface area contributed by atoms with Crippen LogP contribution in [0.5, 0.6) is 0 Å². The molecular formula is C13H17FO. The number of alkyl halides is 1. The van der Waals surface area contributed by atoms with Gasteiger partial charge in [-0.15, -0.1) is 0 Å². The van der Waals surface area contributed by atoms with Crippen LogP contribution in [0.2, 0.25) is 0 Å². The van der Waals surface area contributed by atoms with Gasteiger partial charge in [0, 0.05) is 5.56 Å². The van der Waals surface area contributed by atoms with Crippen molar-refractivity contribution >= 4 is 5.78 Å². The van der Waals surface area contributed by atoms with Crippen molar-refractivity contribution in [3.8, 4) is 0 Å². The summed E-state index contributed by atoms with van der Waals surface area (Å²) in [7, 11) is 0. The third-order valence-corrected chi connectivity index (χ3v) is 2.92. The Labute approximate surface area is 90.3 Å². The average molecular weight is 208 g/mol. The molecule has 0 N–H and O–H groups in total. The van der Waals surface area contributed by atoms with Crippen LogP contribution in [-0.4, -0.2) is 5.78 Å². The summed E-state index contributed by atoms with van der Waals surface area (Å²) in [6.45, 7) is 6.63. The fraction of sp³-hybridized carbons (Fsp3) is 0.462. The summed E-state index contributed by atoms with van der Waals surface area (Å²) in [4.78, 5) is 11.4. The molecule has 1 atom stereocenters. The lowest BCUT2D eigenvalue weighted by Gasteiger charge is -2.27. The van der Waals surface area contributed by atoms with Gasteiger partial charge in [-0.2, -0.15) is 0 Å². The van der Waals surface area contributed by atoms with Crippen LogP contribution in [0.3, 0.4) is 0 Å². The highest BCUT2D eigenvalue weighted by Gasteiger charge is 2.32. The number of carbonyl (C=O) groups excluding carboxylic acids is 1. The van der Waals surface area contributed by atoms with Gasteiger partial charge >= 0.3 is 0 Å². The van der Waals surface area contributed by atoms with Crippen LogP contribution in [0, 0.1) is 5.92 Å². The van der Waals surface area contributed by atoms with E-state index in [1.54, 1.807) is 24.3 Å². The van der Waals surface area contributed by atoms with E-state index in [0.717, 1.165) is 0 Å². The largest absolute Gasteiger partial charge is 0.294 e. The van der Waals surface area contributed by atoms with Gasteiger partial charge < -0.3 is 0 Å². The fourth-order valence-electron chi connectivity index (χ4n) is 1.53. The summed E-state index contributed by atoms with van der Waals surface area (Å²) >= 11 is 0. The number of carbonyl (C=O) groups is 1. The first kappa shape index (κ1) is 11.9. The number of ketones is 1. The van der Waals surface area contributed by atoms with Gasteiger partial charge in [-0.3, -0.25) is 4.79 Å². The van der Waals surface area contributed by atoms with Gasteiger partial charge in [-0.05, 0) is 25.3 Å². The van der Waals surface area contributed by atoms with E-state index in [9.17, 15) is 9.18 Å². The molecule has 82 valence electrons. The lowest BCUT2D eigenvalue weighted by Crippen LogP contribution is -2.25. The van der Waals surface area contributed by atoms with Crippen LogP contribution in [0.4, 0.5) is 4.39 Å². The van der Waals surface area contributed by atoms with Crippen molar-refractivity contribution in [2.75, 3.05) is 0 Å². The summed E-state index contributed by atoms with van der Waals surface area (Å²) in [5.74, 6) is -0.242. The van der Waals surface area contributed by atoms with Crippen LogP contribution in [0.15, 0.2) is 24.3 Å². The Morgan fingerprint density at radius 1 is 1.33 bits per heavy atom. The molecule has 0 bridgehead atoms. The fourth-order valence-corrected chi connectivity index (χ4v) is 1.53. The molecule has 1 rings (SSSR count). The quantitative estimate of drug-likeness (QED) is 0.692. The van der Waals surface area contributed by atoms with Crippen molar-refractivity contribution in [2.45, 2.75) is 33.4 Å². The number of benzene rings is 1. The normalized spacial score (nSPS) is 15.1. The molecule has 0 radical (unpaired) electrons. The molecule has 0 amide bonds. The lowest BCUT2D eigenvalue weighted by atomic mass is 9.83. The molecule has 0 aliphatic heterocycles. The summed E-state index contributed by atoms with van der Waals surface area (Å²) in [5.41, 5.74) is -0.480. The lowest BCUT2D eigenvalue weighted by molar-refractivity contribution is 0.0982. The predicted octanol–water partition coefficient (Wildman–Crippen LogP) is 3.73. The monoisotopic (exact) mass is 208 g/mol. The van der Waals surface area contributed by atoms with Gasteiger partial charge in [0.2, 0.25) is 0 Å². The van der Waals surface area contributed by atoms with Crippen molar-refractivity contribution in [1.82, 2.24) is 0 Å². The summed E-state index contributed by atoms with van der Waals surface area (Å²) in [5, 5.41) is 0. The standard InChI is InChI=1S/C13H17FO/c1-9(2)13(4,14)12-8-6-5-7-11(12)10(3)15/h5-9H,1-4H3. The average Bonchev–Trinajstić information content (AvgIpc) is 2.17. The smallest absolute Gasteiger partial charge is 0.160 e. The molecule has 2 heteroatoms. The van der Waals surface area contributed by atoms with Gasteiger partial charge in [-0.25, -0.2) is 4.39 Å². The van der Waals surface area contributed by atoms with E-state index >= 15 is 0 Å². The van der Waals surface area contributed by atoms with Crippen molar-refractivity contribution < 1.29 is 9.18 Å². The minimum absolute atomic E-state index is 0.0878. The second-order valence-corrected chi connectivity index (χ2v) is 4.33. The molecule has 0 aliphatic rings. The number of hydrogen-bond donors (Lipinski definition) is 0. The highest BCUT2D eigenvalue weighted by atomic mass is 19.1. The van der Waals surface area contributed by atoms with Gasteiger partial charge in [0.05, 0.1) is 0 Å². The third kappa shape index (κ3) is 2.25. The summed E-state index contributed by atoms with van der Waals surface area (Å²) < 4.78 is 14.4. The van der Waals surface area contributed by atoms with Crippen LogP contribution in [-0.2, 0) is 5.67 Å².